The number of aromatic nitrogens is 2. The zero-order valence-electron chi connectivity index (χ0n) is 11.4. The van der Waals surface area contributed by atoms with Crippen LogP contribution < -0.4 is 10.1 Å². The molecule has 1 aromatic heterocycles. The van der Waals surface area contributed by atoms with Crippen LogP contribution in [0.5, 0.6) is 5.75 Å². The van der Waals surface area contributed by atoms with E-state index in [9.17, 15) is 0 Å². The van der Waals surface area contributed by atoms with Crippen molar-refractivity contribution in [3.05, 3.63) is 40.7 Å². The molecule has 4 nitrogen and oxygen atoms in total. The van der Waals surface area contributed by atoms with Gasteiger partial charge in [0.1, 0.15) is 5.75 Å². The first-order valence-corrected chi connectivity index (χ1v) is 6.60. The maximum Gasteiger partial charge on any atom is 0.137 e. The predicted octanol–water partition coefficient (Wildman–Crippen LogP) is 3.26. The van der Waals surface area contributed by atoms with E-state index in [1.54, 1.807) is 7.11 Å². The lowest BCUT2D eigenvalue weighted by atomic mass is 10.2. The monoisotopic (exact) mass is 279 g/mol. The van der Waals surface area contributed by atoms with E-state index in [4.69, 9.17) is 16.3 Å². The van der Waals surface area contributed by atoms with Crippen LogP contribution in [0.2, 0.25) is 5.02 Å². The molecule has 2 aromatic rings. The van der Waals surface area contributed by atoms with Crippen LogP contribution in [0, 0.1) is 0 Å². The molecular weight excluding hydrogens is 262 g/mol. The summed E-state index contributed by atoms with van der Waals surface area (Å²) in [6, 6.07) is 5.67. The van der Waals surface area contributed by atoms with Gasteiger partial charge >= 0.3 is 0 Å². The highest BCUT2D eigenvalue weighted by Gasteiger charge is 2.06. The van der Waals surface area contributed by atoms with Crippen LogP contribution in [0.25, 0.3) is 0 Å². The van der Waals surface area contributed by atoms with Crippen LogP contribution in [-0.4, -0.2) is 16.9 Å². The van der Waals surface area contributed by atoms with Gasteiger partial charge in [-0.1, -0.05) is 18.5 Å². The van der Waals surface area contributed by atoms with Gasteiger partial charge in [0.05, 0.1) is 17.8 Å². The SMILES string of the molecule is CCc1nn(C)cc1CNc1ccc(OC)c(Cl)c1. The number of rotatable bonds is 5. The predicted molar refractivity (Wildman–Crippen MR) is 77.9 cm³/mol. The molecule has 1 aromatic carbocycles. The van der Waals surface area contributed by atoms with Gasteiger partial charge in [-0.25, -0.2) is 0 Å². The third-order valence-corrected chi connectivity index (χ3v) is 3.26. The van der Waals surface area contributed by atoms with Gasteiger partial charge in [0.15, 0.2) is 0 Å². The second kappa shape index (κ2) is 5.97. The number of methoxy groups -OCH3 is 1. The summed E-state index contributed by atoms with van der Waals surface area (Å²) >= 11 is 6.09. The van der Waals surface area contributed by atoms with Crippen molar-refractivity contribution in [3.8, 4) is 5.75 Å². The van der Waals surface area contributed by atoms with Gasteiger partial charge in [-0.05, 0) is 24.6 Å². The Kier molecular flexibility index (Phi) is 4.32. The number of halogens is 1. The number of anilines is 1. The summed E-state index contributed by atoms with van der Waals surface area (Å²) in [7, 11) is 3.55. The molecule has 0 atom stereocenters. The Labute approximate surface area is 118 Å². The van der Waals surface area contributed by atoms with Gasteiger partial charge < -0.3 is 10.1 Å². The second-order valence-corrected chi connectivity index (χ2v) is 4.74. The highest BCUT2D eigenvalue weighted by Crippen LogP contribution is 2.27. The molecule has 0 fully saturated rings. The Balaban J connectivity index is 2.07. The Morgan fingerprint density at radius 3 is 2.84 bits per heavy atom. The number of ether oxygens (including phenoxy) is 1. The van der Waals surface area contributed by atoms with E-state index in [2.05, 4.69) is 17.3 Å². The number of nitrogens with zero attached hydrogens (tertiary/aromatic N) is 2. The van der Waals surface area contributed by atoms with Gasteiger partial charge in [0.25, 0.3) is 0 Å². The molecule has 102 valence electrons. The molecule has 5 heteroatoms. The standard InChI is InChI=1S/C14H18ClN3O/c1-4-13-10(9-18(2)17-13)8-16-11-5-6-14(19-3)12(15)7-11/h5-7,9,16H,4,8H2,1-3H3. The van der Waals surface area contributed by atoms with E-state index in [0.717, 1.165) is 24.3 Å². The summed E-state index contributed by atoms with van der Waals surface area (Å²) in [5.74, 6) is 0.683. The lowest BCUT2D eigenvalue weighted by molar-refractivity contribution is 0.415. The molecule has 0 radical (unpaired) electrons. The molecule has 0 bridgehead atoms. The van der Waals surface area contributed by atoms with Gasteiger partial charge in [-0.15, -0.1) is 0 Å². The third-order valence-electron chi connectivity index (χ3n) is 2.96. The molecular formula is C14H18ClN3O. The van der Waals surface area contributed by atoms with Crippen LogP contribution in [0.15, 0.2) is 24.4 Å². The van der Waals surface area contributed by atoms with Crippen LogP contribution >= 0.6 is 11.6 Å². The van der Waals surface area contributed by atoms with Crippen molar-refractivity contribution in [2.75, 3.05) is 12.4 Å². The van der Waals surface area contributed by atoms with Crippen molar-refractivity contribution < 1.29 is 4.74 Å². The highest BCUT2D eigenvalue weighted by atomic mass is 35.5. The Morgan fingerprint density at radius 2 is 2.21 bits per heavy atom. The maximum absolute atomic E-state index is 6.09. The summed E-state index contributed by atoms with van der Waals surface area (Å²) < 4.78 is 6.97. The summed E-state index contributed by atoms with van der Waals surface area (Å²) in [5, 5.41) is 8.37. The van der Waals surface area contributed by atoms with Crippen molar-refractivity contribution >= 4 is 17.3 Å². The molecule has 0 unspecified atom stereocenters. The fourth-order valence-electron chi connectivity index (χ4n) is 2.00. The topological polar surface area (TPSA) is 39.1 Å². The Morgan fingerprint density at radius 1 is 1.42 bits per heavy atom. The van der Waals surface area contributed by atoms with Crippen molar-refractivity contribution in [1.29, 1.82) is 0 Å². The van der Waals surface area contributed by atoms with Crippen LogP contribution in [-0.2, 0) is 20.0 Å². The van der Waals surface area contributed by atoms with E-state index in [0.29, 0.717) is 10.8 Å². The molecule has 0 saturated carbocycles. The first-order chi connectivity index (χ1) is 9.13. The summed E-state index contributed by atoms with van der Waals surface area (Å²) in [6.07, 6.45) is 2.97. The normalized spacial score (nSPS) is 10.5. The van der Waals surface area contributed by atoms with Crippen molar-refractivity contribution in [3.63, 3.8) is 0 Å². The molecule has 19 heavy (non-hydrogen) atoms. The lowest BCUT2D eigenvalue weighted by Crippen LogP contribution is -2.01. The minimum Gasteiger partial charge on any atom is -0.495 e. The molecule has 0 amide bonds. The molecule has 1 N–H and O–H groups in total. The second-order valence-electron chi connectivity index (χ2n) is 4.33. The minimum absolute atomic E-state index is 0.606. The van der Waals surface area contributed by atoms with Crippen molar-refractivity contribution in [2.45, 2.75) is 19.9 Å². The first-order valence-electron chi connectivity index (χ1n) is 6.22. The number of hydrogen-bond donors (Lipinski definition) is 1. The molecule has 1 heterocycles. The fraction of sp³-hybridized carbons (Fsp3) is 0.357. The number of aryl methyl sites for hydroxylation is 2. The van der Waals surface area contributed by atoms with Gasteiger partial charge in [0.2, 0.25) is 0 Å². The van der Waals surface area contributed by atoms with Crippen LogP contribution in [0.1, 0.15) is 18.2 Å². The average Bonchev–Trinajstić information content (AvgIpc) is 2.77. The Hall–Kier alpha value is -1.68. The summed E-state index contributed by atoms with van der Waals surface area (Å²) in [5.41, 5.74) is 3.29. The smallest absolute Gasteiger partial charge is 0.137 e. The van der Waals surface area contributed by atoms with E-state index < -0.39 is 0 Å². The zero-order valence-corrected chi connectivity index (χ0v) is 12.2. The van der Waals surface area contributed by atoms with Crippen LogP contribution in [0.4, 0.5) is 5.69 Å². The highest BCUT2D eigenvalue weighted by molar-refractivity contribution is 6.32. The first kappa shape index (κ1) is 13.7. The average molecular weight is 280 g/mol. The third kappa shape index (κ3) is 3.20. The zero-order chi connectivity index (χ0) is 13.8. The molecule has 0 aliphatic heterocycles. The van der Waals surface area contributed by atoms with E-state index in [-0.39, 0.29) is 0 Å². The molecule has 0 saturated heterocycles. The minimum atomic E-state index is 0.606. The summed E-state index contributed by atoms with van der Waals surface area (Å²) in [6.45, 7) is 2.84. The van der Waals surface area contributed by atoms with Crippen molar-refractivity contribution in [1.82, 2.24) is 9.78 Å². The van der Waals surface area contributed by atoms with Gasteiger partial charge in [-0.2, -0.15) is 5.10 Å². The summed E-state index contributed by atoms with van der Waals surface area (Å²) in [4.78, 5) is 0. The molecule has 0 aliphatic rings. The lowest BCUT2D eigenvalue weighted by Gasteiger charge is -2.08. The van der Waals surface area contributed by atoms with Crippen molar-refractivity contribution in [2.24, 2.45) is 7.05 Å². The van der Waals surface area contributed by atoms with E-state index >= 15 is 0 Å². The quantitative estimate of drug-likeness (QED) is 0.913. The van der Waals surface area contributed by atoms with E-state index in [1.165, 1.54) is 5.56 Å². The molecule has 0 spiro atoms. The fourth-order valence-corrected chi connectivity index (χ4v) is 2.26. The molecule has 0 aliphatic carbocycles. The van der Waals surface area contributed by atoms with Gasteiger partial charge in [-0.3, -0.25) is 4.68 Å². The number of nitrogens with one attached hydrogen (secondary N) is 1. The number of benzene rings is 1. The maximum atomic E-state index is 6.09. The van der Waals surface area contributed by atoms with Gasteiger partial charge in [0, 0.05) is 31.0 Å². The Bertz CT molecular complexity index is 566. The van der Waals surface area contributed by atoms with Crippen LogP contribution in [0.3, 0.4) is 0 Å². The van der Waals surface area contributed by atoms with E-state index in [1.807, 2.05) is 36.1 Å². The molecule has 2 rings (SSSR count). The number of hydrogen-bond acceptors (Lipinski definition) is 3. The largest absolute Gasteiger partial charge is 0.495 e.